The van der Waals surface area contributed by atoms with Gasteiger partial charge in [-0.1, -0.05) is 72.9 Å². The van der Waals surface area contributed by atoms with Gasteiger partial charge in [-0.2, -0.15) is 0 Å². The summed E-state index contributed by atoms with van der Waals surface area (Å²) < 4.78 is 14.4. The quantitative estimate of drug-likeness (QED) is 0.222. The zero-order valence-corrected chi connectivity index (χ0v) is 29.6. The second-order valence-electron chi connectivity index (χ2n) is 14.2. The molecule has 256 valence electrons. The Kier molecular flexibility index (Phi) is 8.93. The molecule has 3 aromatic carbocycles. The average Bonchev–Trinajstić information content (AvgIpc) is 3.79. The smallest absolute Gasteiger partial charge is 0.261 e. The number of aryl methyl sites for hydroxylation is 1. The van der Waals surface area contributed by atoms with E-state index in [0.717, 1.165) is 41.1 Å². The summed E-state index contributed by atoms with van der Waals surface area (Å²) in [6.45, 7) is 8.02. The molecule has 3 aliphatic rings. The molecule has 2 N–H and O–H groups in total. The van der Waals surface area contributed by atoms with Gasteiger partial charge in [-0.25, -0.2) is 0 Å². The number of nitrogens with zero attached hydrogens (tertiary/aromatic N) is 4. The van der Waals surface area contributed by atoms with Crippen LogP contribution in [0.4, 0.5) is 11.4 Å². The van der Waals surface area contributed by atoms with Gasteiger partial charge in [0.15, 0.2) is 5.60 Å². The number of carbonyl (C=O) groups is 2. The van der Waals surface area contributed by atoms with Crippen LogP contribution in [0.5, 0.6) is 5.75 Å². The number of amides is 2. The molecular formula is C38H45N5O5Si. The highest BCUT2D eigenvalue weighted by Crippen LogP contribution is 2.59. The molecule has 4 heterocycles. The number of piperidine rings is 1. The molecule has 1 unspecified atom stereocenters. The third kappa shape index (κ3) is 5.77. The van der Waals surface area contributed by atoms with Crippen molar-refractivity contribution in [3.05, 3.63) is 95.8 Å². The molecule has 0 bridgehead atoms. The number of aliphatic hydroxyl groups is 1. The number of hydrogen-bond donors (Lipinski definition) is 2. The monoisotopic (exact) mass is 679 g/mol. The fourth-order valence-electron chi connectivity index (χ4n) is 8.53. The van der Waals surface area contributed by atoms with Gasteiger partial charge >= 0.3 is 0 Å². The van der Waals surface area contributed by atoms with Gasteiger partial charge < -0.3 is 24.8 Å². The molecule has 0 aliphatic carbocycles. The summed E-state index contributed by atoms with van der Waals surface area (Å²) in [7, 11) is -0.643. The van der Waals surface area contributed by atoms with E-state index in [1.165, 1.54) is 5.19 Å². The van der Waals surface area contributed by atoms with Crippen LogP contribution >= 0.6 is 0 Å². The minimum absolute atomic E-state index is 0.0652. The Morgan fingerprint density at radius 2 is 1.86 bits per heavy atom. The maximum Gasteiger partial charge on any atom is 0.261 e. The highest BCUT2D eigenvalue weighted by molar-refractivity contribution is 6.91. The van der Waals surface area contributed by atoms with Crippen LogP contribution in [0.3, 0.4) is 0 Å². The number of benzene rings is 3. The molecule has 10 nitrogen and oxygen atoms in total. The first-order valence-electron chi connectivity index (χ1n) is 17.3. The second kappa shape index (κ2) is 13.2. The zero-order chi connectivity index (χ0) is 34.3. The lowest BCUT2D eigenvalue weighted by atomic mass is 9.82. The molecule has 3 aliphatic heterocycles. The number of hydrogen-bond acceptors (Lipinski definition) is 7. The number of methoxy groups -OCH3 is 1. The van der Waals surface area contributed by atoms with Crippen molar-refractivity contribution in [2.75, 3.05) is 30.5 Å². The zero-order valence-electron chi connectivity index (χ0n) is 28.6. The first-order chi connectivity index (χ1) is 23.7. The van der Waals surface area contributed by atoms with Crippen LogP contribution in [0, 0.1) is 5.92 Å². The molecule has 5 atom stereocenters. The number of rotatable bonds is 10. The first-order valence-corrected chi connectivity index (χ1v) is 20.4. The Hall–Kier alpha value is -4.32. The molecule has 2 saturated heterocycles. The van der Waals surface area contributed by atoms with Gasteiger partial charge in [0.25, 0.3) is 5.91 Å². The highest BCUT2D eigenvalue weighted by Gasteiger charge is 2.64. The molecule has 4 aromatic rings. The Bertz CT molecular complexity index is 1830. The number of aromatic nitrogens is 3. The fraction of sp³-hybridized carbons (Fsp3) is 0.421. The van der Waals surface area contributed by atoms with Gasteiger partial charge in [-0.3, -0.25) is 14.3 Å². The molecule has 0 radical (unpaired) electrons. The van der Waals surface area contributed by atoms with Gasteiger partial charge in [0.1, 0.15) is 5.75 Å². The topological polar surface area (TPSA) is 119 Å². The average molecular weight is 680 g/mol. The first kappa shape index (κ1) is 33.2. The predicted molar refractivity (Wildman–Crippen MR) is 191 cm³/mol. The van der Waals surface area contributed by atoms with E-state index in [-0.39, 0.29) is 41.9 Å². The summed E-state index contributed by atoms with van der Waals surface area (Å²) >= 11 is 0. The Morgan fingerprint density at radius 3 is 2.57 bits per heavy atom. The minimum atomic E-state index is -2.31. The predicted octanol–water partition coefficient (Wildman–Crippen LogP) is 5.19. The van der Waals surface area contributed by atoms with E-state index < -0.39 is 13.7 Å². The van der Waals surface area contributed by atoms with Crippen molar-refractivity contribution < 1.29 is 24.2 Å². The summed E-state index contributed by atoms with van der Waals surface area (Å²) in [6.07, 6.45) is 4.66. The lowest BCUT2D eigenvalue weighted by Crippen LogP contribution is -2.51. The van der Waals surface area contributed by atoms with Crippen LogP contribution < -0.4 is 20.1 Å². The summed E-state index contributed by atoms with van der Waals surface area (Å²) in [6, 6.07) is 24.0. The number of fused-ring (bicyclic) bond motifs is 2. The number of carbonyl (C=O) groups excluding carboxylic acids is 2. The van der Waals surface area contributed by atoms with Gasteiger partial charge in [-0.15, -0.1) is 5.10 Å². The maximum atomic E-state index is 14.2. The van der Waals surface area contributed by atoms with E-state index in [9.17, 15) is 14.7 Å². The van der Waals surface area contributed by atoms with Crippen molar-refractivity contribution in [3.63, 3.8) is 0 Å². The molecule has 1 spiro atoms. The summed E-state index contributed by atoms with van der Waals surface area (Å²) in [4.78, 5) is 29.0. The van der Waals surface area contributed by atoms with Gasteiger partial charge in [0.05, 0.1) is 39.5 Å². The second-order valence-corrected chi connectivity index (χ2v) is 18.9. The normalized spacial score (nSPS) is 24.3. The van der Waals surface area contributed by atoms with Crippen LogP contribution in [0.15, 0.2) is 79.0 Å². The summed E-state index contributed by atoms with van der Waals surface area (Å²) in [5.74, 6) is 0.345. The van der Waals surface area contributed by atoms with E-state index in [1.54, 1.807) is 7.11 Å². The van der Waals surface area contributed by atoms with E-state index in [0.29, 0.717) is 31.6 Å². The van der Waals surface area contributed by atoms with Crippen LogP contribution in [0.2, 0.25) is 18.6 Å². The van der Waals surface area contributed by atoms with Crippen molar-refractivity contribution in [2.24, 2.45) is 5.92 Å². The number of aliphatic hydroxyl groups excluding tert-OH is 1. The van der Waals surface area contributed by atoms with Gasteiger partial charge in [0.2, 0.25) is 5.91 Å². The Labute approximate surface area is 288 Å². The van der Waals surface area contributed by atoms with Crippen molar-refractivity contribution in [2.45, 2.75) is 75.4 Å². The van der Waals surface area contributed by atoms with Crippen molar-refractivity contribution in [1.82, 2.24) is 15.0 Å². The third-order valence-electron chi connectivity index (χ3n) is 11.1. The lowest BCUT2D eigenvalue weighted by Gasteiger charge is -2.37. The minimum Gasteiger partial charge on any atom is -0.497 e. The van der Waals surface area contributed by atoms with Crippen molar-refractivity contribution >= 4 is 36.4 Å². The van der Waals surface area contributed by atoms with E-state index >= 15 is 0 Å². The lowest BCUT2D eigenvalue weighted by molar-refractivity contribution is -0.143. The van der Waals surface area contributed by atoms with Crippen LogP contribution in [-0.2, 0) is 26.5 Å². The molecule has 49 heavy (non-hydrogen) atoms. The number of ether oxygens (including phenoxy) is 2. The molecular weight excluding hydrogens is 635 g/mol. The number of nitrogens with one attached hydrogen (secondary N) is 1. The fourth-order valence-corrected chi connectivity index (χ4v) is 12.6. The van der Waals surface area contributed by atoms with Crippen molar-refractivity contribution in [3.8, 4) is 5.75 Å². The molecule has 2 fully saturated rings. The molecule has 2 amide bonds. The Balaban J connectivity index is 1.23. The SMILES string of the molecule is COc1ccc([Si](C)(C)[C@H]2[C@H](CCn3cc(C(CO)c4ccccc4)nn3)O[C@@]3(C(=O)Nc4ccc(N5CCCCC5=O)cc43)[C@@H]2C)cc1. The van der Waals surface area contributed by atoms with Crippen LogP contribution in [0.1, 0.15) is 55.3 Å². The van der Waals surface area contributed by atoms with E-state index in [2.05, 4.69) is 47.8 Å². The molecule has 0 saturated carbocycles. The molecule has 1 aromatic heterocycles. The van der Waals surface area contributed by atoms with E-state index in [4.69, 9.17) is 9.47 Å². The van der Waals surface area contributed by atoms with E-state index in [1.807, 2.05) is 76.4 Å². The van der Waals surface area contributed by atoms with Crippen LogP contribution in [-0.4, -0.2) is 66.4 Å². The van der Waals surface area contributed by atoms with Gasteiger partial charge in [-0.05, 0) is 60.7 Å². The molecule has 7 rings (SSSR count). The third-order valence-corrected chi connectivity index (χ3v) is 15.5. The number of anilines is 2. The van der Waals surface area contributed by atoms with Crippen molar-refractivity contribution in [1.29, 1.82) is 0 Å². The maximum absolute atomic E-state index is 14.2. The summed E-state index contributed by atoms with van der Waals surface area (Å²) in [5.41, 5.74) is 2.92. The van der Waals surface area contributed by atoms with Crippen LogP contribution in [0.25, 0.3) is 0 Å². The highest BCUT2D eigenvalue weighted by atomic mass is 28.3. The Morgan fingerprint density at radius 1 is 1.08 bits per heavy atom. The largest absolute Gasteiger partial charge is 0.497 e. The standard InChI is InChI=1S/C38H45N5O5Si/c1-25-36(49(3,4)29-16-14-28(47-2)15-17-29)34(19-21-42-23-33(40-41-42)30(24-44)26-10-6-5-7-11-26)48-38(25)31-22-27(13-18-32(31)39-37(38)46)43-20-9-8-12-35(43)45/h5-7,10-11,13-18,22-23,25,30,34,36,44H,8-9,12,19-21,24H2,1-4H3,(H,39,46)/t25-,30?,34+,36-,38+/m1/s1. The summed E-state index contributed by atoms with van der Waals surface area (Å²) in [5, 5.41) is 23.5. The molecule has 11 heteroatoms. The van der Waals surface area contributed by atoms with Gasteiger partial charge in [0, 0.05) is 48.6 Å².